The highest BCUT2D eigenvalue weighted by molar-refractivity contribution is 5.94. The van der Waals surface area contributed by atoms with E-state index in [1.807, 2.05) is 0 Å². The Bertz CT molecular complexity index is 881. The Hall–Kier alpha value is -2.72. The number of furan rings is 1. The van der Waals surface area contributed by atoms with Crippen LogP contribution in [0.5, 0.6) is 5.75 Å². The zero-order chi connectivity index (χ0) is 21.3. The van der Waals surface area contributed by atoms with E-state index in [1.165, 1.54) is 20.1 Å². The molecule has 9 nitrogen and oxygen atoms in total. The molecule has 6 atom stereocenters. The lowest BCUT2D eigenvalue weighted by atomic mass is 9.96. The second-order valence-corrected chi connectivity index (χ2v) is 7.24. The lowest BCUT2D eigenvalue weighted by Crippen LogP contribution is -2.67. The van der Waals surface area contributed by atoms with Gasteiger partial charge in [-0.15, -0.1) is 0 Å². The third-order valence-corrected chi connectivity index (χ3v) is 5.02. The summed E-state index contributed by atoms with van der Waals surface area (Å²) in [5, 5.41) is 13.6. The monoisotopic (exact) mass is 417 g/mol. The molecule has 0 bridgehead atoms. The van der Waals surface area contributed by atoms with Crippen molar-refractivity contribution in [3.05, 3.63) is 54.0 Å². The van der Waals surface area contributed by atoms with Gasteiger partial charge in [0.25, 0.3) is 0 Å². The summed E-state index contributed by atoms with van der Waals surface area (Å²) in [6.45, 7) is 2.96. The van der Waals surface area contributed by atoms with Gasteiger partial charge in [0, 0.05) is 12.5 Å². The zero-order valence-electron chi connectivity index (χ0n) is 16.5. The van der Waals surface area contributed by atoms with Crippen LogP contribution >= 0.6 is 0 Å². The summed E-state index contributed by atoms with van der Waals surface area (Å²) in [6.07, 6.45) is -2.75. The molecule has 4 rings (SSSR count). The molecular formula is C21H23NO8. The van der Waals surface area contributed by atoms with Gasteiger partial charge in [0.2, 0.25) is 18.5 Å². The van der Waals surface area contributed by atoms with Crippen LogP contribution < -0.4 is 10.1 Å². The number of amides is 1. The molecule has 2 aliphatic rings. The topological polar surface area (TPSA) is 116 Å². The van der Waals surface area contributed by atoms with E-state index in [1.54, 1.807) is 36.4 Å². The summed E-state index contributed by atoms with van der Waals surface area (Å²) in [6, 6.07) is 9.06. The van der Waals surface area contributed by atoms with Crippen molar-refractivity contribution < 1.29 is 38.1 Å². The summed E-state index contributed by atoms with van der Waals surface area (Å²) in [4.78, 5) is 23.2. The molecule has 160 valence electrons. The van der Waals surface area contributed by atoms with E-state index in [0.717, 1.165) is 0 Å². The van der Waals surface area contributed by atoms with E-state index in [4.69, 9.17) is 23.4 Å². The third-order valence-electron chi connectivity index (χ3n) is 5.02. The van der Waals surface area contributed by atoms with Gasteiger partial charge in [0.1, 0.15) is 30.1 Å². The average molecular weight is 417 g/mol. The molecule has 1 aromatic heterocycles. The van der Waals surface area contributed by atoms with E-state index < -0.39 is 36.9 Å². The number of benzene rings is 1. The van der Waals surface area contributed by atoms with Crippen LogP contribution in [0.15, 0.2) is 47.1 Å². The highest BCUT2D eigenvalue weighted by Crippen LogP contribution is 2.35. The maximum absolute atomic E-state index is 11.7. The third kappa shape index (κ3) is 4.24. The Kier molecular flexibility index (Phi) is 5.87. The van der Waals surface area contributed by atoms with E-state index in [2.05, 4.69) is 5.32 Å². The van der Waals surface area contributed by atoms with Crippen molar-refractivity contribution in [3.63, 3.8) is 0 Å². The number of carbonyl (C=O) groups excluding carboxylic acids is 2. The van der Waals surface area contributed by atoms with Gasteiger partial charge in [0.15, 0.2) is 11.5 Å². The Labute approximate surface area is 172 Å². The number of hydrogen-bond acceptors (Lipinski definition) is 8. The van der Waals surface area contributed by atoms with Gasteiger partial charge in [-0.25, -0.2) is 0 Å². The maximum Gasteiger partial charge on any atom is 0.223 e. The summed E-state index contributed by atoms with van der Waals surface area (Å²) in [5.41, 5.74) is 0.545. The fourth-order valence-corrected chi connectivity index (χ4v) is 3.55. The normalized spacial score (nSPS) is 30.9. The molecule has 2 aliphatic heterocycles. The first-order chi connectivity index (χ1) is 14.4. The van der Waals surface area contributed by atoms with E-state index in [-0.39, 0.29) is 18.3 Å². The van der Waals surface area contributed by atoms with E-state index in [9.17, 15) is 14.7 Å². The zero-order valence-corrected chi connectivity index (χ0v) is 16.5. The first-order valence-corrected chi connectivity index (χ1v) is 9.61. The van der Waals surface area contributed by atoms with Crippen molar-refractivity contribution in [1.82, 2.24) is 5.32 Å². The molecule has 0 spiro atoms. The molecule has 0 aliphatic carbocycles. The van der Waals surface area contributed by atoms with Crippen LogP contribution in [0.2, 0.25) is 0 Å². The predicted molar refractivity (Wildman–Crippen MR) is 102 cm³/mol. The van der Waals surface area contributed by atoms with Gasteiger partial charge in [-0.3, -0.25) is 9.59 Å². The van der Waals surface area contributed by atoms with Crippen LogP contribution in [0.25, 0.3) is 0 Å². The highest BCUT2D eigenvalue weighted by Gasteiger charge is 2.51. The fraction of sp³-hybridized carbons (Fsp3) is 0.429. The number of hydrogen-bond donors (Lipinski definition) is 2. The Balaban J connectivity index is 1.51. The molecule has 2 N–H and O–H groups in total. The Morgan fingerprint density at radius 3 is 2.53 bits per heavy atom. The minimum Gasteiger partial charge on any atom is -0.464 e. The number of nitrogens with one attached hydrogen (secondary N) is 1. The Morgan fingerprint density at radius 2 is 1.90 bits per heavy atom. The van der Waals surface area contributed by atoms with Crippen molar-refractivity contribution in [2.75, 3.05) is 6.61 Å². The number of Topliss-reactive ketones (excluding diaryl/α,β-unsaturated/α-hetero) is 1. The first kappa shape index (κ1) is 20.5. The standard InChI is InChI=1S/C21H23NO8/c1-11(23)13-5-7-14(8-6-13)28-21-17(22-12(2)24)18(25)19-16(29-21)10-27-20(30-19)15-4-3-9-26-15/h3-9,16-21,25H,10H2,1-2H3,(H,22,24)/t16-,17-,18-,19-,20+,21-/m1/s1. The smallest absolute Gasteiger partial charge is 0.223 e. The van der Waals surface area contributed by atoms with Crippen molar-refractivity contribution in [3.8, 4) is 5.75 Å². The van der Waals surface area contributed by atoms with Crippen molar-refractivity contribution in [1.29, 1.82) is 0 Å². The van der Waals surface area contributed by atoms with Crippen LogP contribution in [0, 0.1) is 0 Å². The molecule has 1 amide bonds. The quantitative estimate of drug-likeness (QED) is 0.704. The fourth-order valence-electron chi connectivity index (χ4n) is 3.55. The molecule has 1 aromatic carbocycles. The first-order valence-electron chi connectivity index (χ1n) is 9.61. The summed E-state index contributed by atoms with van der Waals surface area (Å²) < 4.78 is 28.7. The number of aliphatic hydroxyl groups excluding tert-OH is 1. The highest BCUT2D eigenvalue weighted by atomic mass is 16.8. The minimum absolute atomic E-state index is 0.0625. The predicted octanol–water partition coefficient (Wildman–Crippen LogP) is 1.57. The molecule has 2 saturated heterocycles. The molecule has 2 aromatic rings. The lowest BCUT2D eigenvalue weighted by molar-refractivity contribution is -0.336. The Morgan fingerprint density at radius 1 is 1.13 bits per heavy atom. The molecule has 2 fully saturated rings. The summed E-state index contributed by atoms with van der Waals surface area (Å²) >= 11 is 0. The minimum atomic E-state index is -1.12. The SMILES string of the molecule is CC(=O)N[C@H]1[C@H](Oc2ccc(C(C)=O)cc2)O[C@@H]2CO[C@H](c3ccco3)O[C@H]2[C@@H]1O. The van der Waals surface area contributed by atoms with Crippen LogP contribution in [0.3, 0.4) is 0 Å². The van der Waals surface area contributed by atoms with Gasteiger partial charge in [0.05, 0.1) is 12.9 Å². The second-order valence-electron chi connectivity index (χ2n) is 7.24. The number of aliphatic hydroxyl groups is 1. The van der Waals surface area contributed by atoms with Crippen molar-refractivity contribution in [2.24, 2.45) is 0 Å². The van der Waals surface area contributed by atoms with Crippen LogP contribution in [-0.2, 0) is 19.0 Å². The molecule has 3 heterocycles. The second kappa shape index (κ2) is 8.57. The molecular weight excluding hydrogens is 394 g/mol. The van der Waals surface area contributed by atoms with Gasteiger partial charge in [-0.2, -0.15) is 0 Å². The number of rotatable bonds is 5. The van der Waals surface area contributed by atoms with E-state index >= 15 is 0 Å². The molecule has 30 heavy (non-hydrogen) atoms. The summed E-state index contributed by atoms with van der Waals surface area (Å²) in [7, 11) is 0. The molecule has 9 heteroatoms. The van der Waals surface area contributed by atoms with Crippen molar-refractivity contribution in [2.45, 2.75) is 50.8 Å². The number of ether oxygens (including phenoxy) is 4. The van der Waals surface area contributed by atoms with Gasteiger partial charge < -0.3 is 33.8 Å². The van der Waals surface area contributed by atoms with Gasteiger partial charge in [-0.05, 0) is 43.3 Å². The maximum atomic E-state index is 11.7. The molecule has 0 saturated carbocycles. The van der Waals surface area contributed by atoms with Gasteiger partial charge >= 0.3 is 0 Å². The number of carbonyl (C=O) groups is 2. The van der Waals surface area contributed by atoms with Crippen LogP contribution in [-0.4, -0.2) is 54.0 Å². The summed E-state index contributed by atoms with van der Waals surface area (Å²) in [5.74, 6) is 0.488. The average Bonchev–Trinajstić information content (AvgIpc) is 3.26. The molecule has 0 unspecified atom stereocenters. The number of fused-ring (bicyclic) bond motifs is 1. The van der Waals surface area contributed by atoms with Gasteiger partial charge in [-0.1, -0.05) is 0 Å². The lowest BCUT2D eigenvalue weighted by Gasteiger charge is -2.47. The largest absolute Gasteiger partial charge is 0.464 e. The van der Waals surface area contributed by atoms with Crippen LogP contribution in [0.4, 0.5) is 0 Å². The van der Waals surface area contributed by atoms with Crippen LogP contribution in [0.1, 0.15) is 36.3 Å². The number of ketones is 1. The van der Waals surface area contributed by atoms with Crippen molar-refractivity contribution >= 4 is 11.7 Å². The molecule has 0 radical (unpaired) electrons. The van der Waals surface area contributed by atoms with E-state index in [0.29, 0.717) is 17.1 Å².